The predicted molar refractivity (Wildman–Crippen MR) is 91.2 cm³/mol. The maximum absolute atomic E-state index is 13.2. The number of nitrogens with one attached hydrogen (secondary N) is 1. The standard InChI is InChI=1S/C18H23FN4O/c1-13-11-14(19)4-5-16(13)17(24)12-23-9-6-15(7-10-23)21-18-3-2-8-20-22-18/h2-5,8,11,15,17,24H,6-7,9-10,12H2,1H3,(H,21,22). The fourth-order valence-electron chi connectivity index (χ4n) is 3.20. The molecule has 1 aliphatic heterocycles. The van der Waals surface area contributed by atoms with Crippen LogP contribution in [0.3, 0.4) is 0 Å². The summed E-state index contributed by atoms with van der Waals surface area (Å²) >= 11 is 0. The Balaban J connectivity index is 1.50. The number of aliphatic hydroxyl groups excluding tert-OH is 1. The number of aryl methyl sites for hydroxylation is 1. The van der Waals surface area contributed by atoms with E-state index in [1.165, 1.54) is 12.1 Å². The van der Waals surface area contributed by atoms with Crippen LogP contribution in [0.25, 0.3) is 0 Å². The van der Waals surface area contributed by atoms with Gasteiger partial charge in [-0.05, 0) is 55.2 Å². The van der Waals surface area contributed by atoms with E-state index < -0.39 is 6.10 Å². The lowest BCUT2D eigenvalue weighted by molar-refractivity contribution is 0.0986. The minimum absolute atomic E-state index is 0.264. The molecule has 2 heterocycles. The van der Waals surface area contributed by atoms with E-state index in [2.05, 4.69) is 20.4 Å². The van der Waals surface area contributed by atoms with Crippen LogP contribution in [0.2, 0.25) is 0 Å². The summed E-state index contributed by atoms with van der Waals surface area (Å²) in [5.41, 5.74) is 1.60. The Bertz CT molecular complexity index is 659. The Morgan fingerprint density at radius 2 is 2.12 bits per heavy atom. The Morgan fingerprint density at radius 1 is 1.33 bits per heavy atom. The highest BCUT2D eigenvalue weighted by molar-refractivity contribution is 5.33. The predicted octanol–water partition coefficient (Wildman–Crippen LogP) is 2.53. The van der Waals surface area contributed by atoms with E-state index in [-0.39, 0.29) is 5.82 Å². The van der Waals surface area contributed by atoms with Crippen molar-refractivity contribution in [3.05, 3.63) is 53.5 Å². The lowest BCUT2D eigenvalue weighted by Gasteiger charge is -2.33. The number of hydrogen-bond donors (Lipinski definition) is 2. The second kappa shape index (κ2) is 7.68. The van der Waals surface area contributed by atoms with Gasteiger partial charge in [0.05, 0.1) is 6.10 Å². The third-order valence-electron chi connectivity index (χ3n) is 4.53. The van der Waals surface area contributed by atoms with Crippen molar-refractivity contribution < 1.29 is 9.50 Å². The second-order valence-corrected chi connectivity index (χ2v) is 6.34. The quantitative estimate of drug-likeness (QED) is 0.882. The van der Waals surface area contributed by atoms with Gasteiger partial charge in [-0.1, -0.05) is 6.07 Å². The maximum Gasteiger partial charge on any atom is 0.148 e. The zero-order valence-corrected chi connectivity index (χ0v) is 13.8. The van der Waals surface area contributed by atoms with Crippen molar-refractivity contribution in [1.82, 2.24) is 15.1 Å². The first-order valence-electron chi connectivity index (χ1n) is 8.32. The van der Waals surface area contributed by atoms with Gasteiger partial charge >= 0.3 is 0 Å². The molecule has 0 amide bonds. The number of halogens is 1. The summed E-state index contributed by atoms with van der Waals surface area (Å²) in [6.45, 7) is 4.23. The topological polar surface area (TPSA) is 61.3 Å². The highest BCUT2D eigenvalue weighted by Gasteiger charge is 2.22. The fraction of sp³-hybridized carbons (Fsp3) is 0.444. The van der Waals surface area contributed by atoms with Crippen molar-refractivity contribution in [2.45, 2.75) is 31.9 Å². The molecule has 1 fully saturated rings. The monoisotopic (exact) mass is 330 g/mol. The molecule has 0 radical (unpaired) electrons. The fourth-order valence-corrected chi connectivity index (χ4v) is 3.20. The smallest absolute Gasteiger partial charge is 0.148 e. The van der Waals surface area contributed by atoms with Crippen molar-refractivity contribution in [1.29, 1.82) is 0 Å². The summed E-state index contributed by atoms with van der Waals surface area (Å²) in [6.07, 6.45) is 3.05. The lowest BCUT2D eigenvalue weighted by Crippen LogP contribution is -2.41. The number of rotatable bonds is 5. The molecular formula is C18H23FN4O. The molecule has 0 spiro atoms. The molecule has 1 unspecified atom stereocenters. The van der Waals surface area contributed by atoms with Crippen molar-refractivity contribution in [2.75, 3.05) is 25.0 Å². The number of aliphatic hydroxyl groups is 1. The highest BCUT2D eigenvalue weighted by Crippen LogP contribution is 2.22. The molecule has 24 heavy (non-hydrogen) atoms. The van der Waals surface area contributed by atoms with Crippen molar-refractivity contribution in [2.24, 2.45) is 0 Å². The average molecular weight is 330 g/mol. The average Bonchev–Trinajstić information content (AvgIpc) is 2.57. The van der Waals surface area contributed by atoms with Crippen LogP contribution in [0.1, 0.15) is 30.1 Å². The van der Waals surface area contributed by atoms with E-state index in [9.17, 15) is 9.50 Å². The number of benzene rings is 1. The number of anilines is 1. The largest absolute Gasteiger partial charge is 0.387 e. The first kappa shape index (κ1) is 16.8. The van der Waals surface area contributed by atoms with Gasteiger partial charge in [0.25, 0.3) is 0 Å². The molecule has 1 aromatic heterocycles. The van der Waals surface area contributed by atoms with Gasteiger partial charge in [-0.3, -0.25) is 0 Å². The van der Waals surface area contributed by atoms with Gasteiger partial charge in [-0.15, -0.1) is 5.10 Å². The van der Waals surface area contributed by atoms with Crippen molar-refractivity contribution in [3.8, 4) is 0 Å². The number of likely N-dealkylation sites (tertiary alicyclic amines) is 1. The lowest BCUT2D eigenvalue weighted by atomic mass is 10.0. The molecule has 6 heteroatoms. The van der Waals surface area contributed by atoms with Crippen LogP contribution in [0.4, 0.5) is 10.2 Å². The van der Waals surface area contributed by atoms with Crippen LogP contribution < -0.4 is 5.32 Å². The number of aromatic nitrogens is 2. The molecule has 1 aliphatic rings. The van der Waals surface area contributed by atoms with Gasteiger partial charge < -0.3 is 15.3 Å². The van der Waals surface area contributed by atoms with E-state index in [0.29, 0.717) is 12.6 Å². The Kier molecular flexibility index (Phi) is 5.37. The molecule has 2 N–H and O–H groups in total. The normalized spacial score (nSPS) is 17.6. The van der Waals surface area contributed by atoms with Crippen LogP contribution in [0.5, 0.6) is 0 Å². The number of β-amino-alcohol motifs (C(OH)–C–C–N with tert-alkyl or cyclic N) is 1. The minimum Gasteiger partial charge on any atom is -0.387 e. The molecule has 0 bridgehead atoms. The van der Waals surface area contributed by atoms with Crippen molar-refractivity contribution >= 4 is 5.82 Å². The van der Waals surface area contributed by atoms with E-state index in [4.69, 9.17) is 0 Å². The van der Waals surface area contributed by atoms with Gasteiger partial charge in [0.15, 0.2) is 0 Å². The minimum atomic E-state index is -0.588. The van der Waals surface area contributed by atoms with Gasteiger partial charge in [-0.25, -0.2) is 4.39 Å². The molecule has 0 saturated carbocycles. The maximum atomic E-state index is 13.2. The molecule has 1 aromatic carbocycles. The first-order valence-corrected chi connectivity index (χ1v) is 8.32. The van der Waals surface area contributed by atoms with E-state index in [0.717, 1.165) is 42.9 Å². The van der Waals surface area contributed by atoms with Gasteiger partial charge in [0, 0.05) is 31.9 Å². The SMILES string of the molecule is Cc1cc(F)ccc1C(O)CN1CCC(Nc2cccnn2)CC1. The zero-order valence-electron chi connectivity index (χ0n) is 13.8. The van der Waals surface area contributed by atoms with Crippen LogP contribution in [0, 0.1) is 12.7 Å². The summed E-state index contributed by atoms with van der Waals surface area (Å²) in [6, 6.07) is 8.71. The zero-order chi connectivity index (χ0) is 16.9. The summed E-state index contributed by atoms with van der Waals surface area (Å²) in [5, 5.41) is 21.8. The summed E-state index contributed by atoms with van der Waals surface area (Å²) in [5.74, 6) is 0.539. The molecule has 0 aliphatic carbocycles. The molecule has 128 valence electrons. The van der Waals surface area contributed by atoms with Crippen LogP contribution in [0.15, 0.2) is 36.5 Å². The Labute approximate surface area is 141 Å². The van der Waals surface area contributed by atoms with Gasteiger partial charge in [0.1, 0.15) is 11.6 Å². The van der Waals surface area contributed by atoms with E-state index >= 15 is 0 Å². The van der Waals surface area contributed by atoms with Crippen molar-refractivity contribution in [3.63, 3.8) is 0 Å². The first-order chi connectivity index (χ1) is 11.6. The second-order valence-electron chi connectivity index (χ2n) is 6.34. The molecule has 3 rings (SSSR count). The molecule has 2 aromatic rings. The molecular weight excluding hydrogens is 307 g/mol. The summed E-state index contributed by atoms with van der Waals surface area (Å²) in [4.78, 5) is 2.25. The van der Waals surface area contributed by atoms with Gasteiger partial charge in [0.2, 0.25) is 0 Å². The molecule has 1 atom stereocenters. The molecule has 1 saturated heterocycles. The highest BCUT2D eigenvalue weighted by atomic mass is 19.1. The number of nitrogens with zero attached hydrogens (tertiary/aromatic N) is 3. The third-order valence-corrected chi connectivity index (χ3v) is 4.53. The summed E-state index contributed by atoms with van der Waals surface area (Å²) < 4.78 is 13.2. The Hall–Kier alpha value is -2.05. The van der Waals surface area contributed by atoms with E-state index in [1.807, 2.05) is 19.1 Å². The van der Waals surface area contributed by atoms with Gasteiger partial charge in [-0.2, -0.15) is 5.10 Å². The van der Waals surface area contributed by atoms with E-state index in [1.54, 1.807) is 12.3 Å². The number of piperidine rings is 1. The molecule has 5 nitrogen and oxygen atoms in total. The van der Waals surface area contributed by atoms with Crippen LogP contribution >= 0.6 is 0 Å². The number of hydrogen-bond acceptors (Lipinski definition) is 5. The Morgan fingerprint density at radius 3 is 2.79 bits per heavy atom. The van der Waals surface area contributed by atoms with Crippen LogP contribution in [-0.4, -0.2) is 45.9 Å². The summed E-state index contributed by atoms with van der Waals surface area (Å²) in [7, 11) is 0. The third kappa shape index (κ3) is 4.27. The van der Waals surface area contributed by atoms with Crippen LogP contribution in [-0.2, 0) is 0 Å².